The molecular formula is C8H4BrLiS. The van der Waals surface area contributed by atoms with E-state index in [0.29, 0.717) is 0 Å². The summed E-state index contributed by atoms with van der Waals surface area (Å²) in [5.74, 6) is 0. The summed E-state index contributed by atoms with van der Waals surface area (Å²) in [7, 11) is 0. The van der Waals surface area contributed by atoms with Gasteiger partial charge in [0.25, 0.3) is 0 Å². The monoisotopic (exact) mass is 218 g/mol. The average molecular weight is 219 g/mol. The minimum absolute atomic E-state index is 0. The summed E-state index contributed by atoms with van der Waals surface area (Å²) in [6, 6.07) is 8.25. The maximum absolute atomic E-state index is 3.41. The van der Waals surface area contributed by atoms with Crippen molar-refractivity contribution in [1.29, 1.82) is 0 Å². The van der Waals surface area contributed by atoms with E-state index in [0.717, 1.165) is 4.47 Å². The second kappa shape index (κ2) is 3.78. The smallest absolute Gasteiger partial charge is 0.296 e. The van der Waals surface area contributed by atoms with Crippen LogP contribution in [0.2, 0.25) is 0 Å². The summed E-state index contributed by atoms with van der Waals surface area (Å²) in [6.45, 7) is 0. The zero-order valence-corrected chi connectivity index (χ0v) is 8.50. The average Bonchev–Trinajstić information content (AvgIpc) is 2.33. The van der Waals surface area contributed by atoms with Crippen molar-refractivity contribution in [3.05, 3.63) is 34.1 Å². The predicted octanol–water partition coefficient (Wildman–Crippen LogP) is 0.468. The maximum Gasteiger partial charge on any atom is 1.00 e. The molecule has 0 N–H and O–H groups in total. The Morgan fingerprint density at radius 1 is 1.36 bits per heavy atom. The summed E-state index contributed by atoms with van der Waals surface area (Å²) >= 11 is 5.06. The van der Waals surface area contributed by atoms with E-state index in [4.69, 9.17) is 0 Å². The van der Waals surface area contributed by atoms with Gasteiger partial charge in [0, 0.05) is 4.47 Å². The van der Waals surface area contributed by atoms with E-state index >= 15 is 0 Å². The molecule has 3 heteroatoms. The van der Waals surface area contributed by atoms with Crippen LogP contribution in [0.1, 0.15) is 0 Å². The van der Waals surface area contributed by atoms with Crippen LogP contribution in [0.5, 0.6) is 0 Å². The van der Waals surface area contributed by atoms with Gasteiger partial charge in [-0.1, -0.05) is 22.0 Å². The first-order valence-electron chi connectivity index (χ1n) is 2.91. The van der Waals surface area contributed by atoms with Gasteiger partial charge < -0.3 is 0 Å². The van der Waals surface area contributed by atoms with Gasteiger partial charge in [-0.3, -0.25) is 11.3 Å². The molecule has 0 saturated heterocycles. The largest absolute Gasteiger partial charge is 1.00 e. The van der Waals surface area contributed by atoms with Gasteiger partial charge >= 0.3 is 18.9 Å². The van der Waals surface area contributed by atoms with Gasteiger partial charge in [0.15, 0.2) is 0 Å². The minimum Gasteiger partial charge on any atom is -0.296 e. The second-order valence-corrected chi connectivity index (χ2v) is 3.84. The van der Waals surface area contributed by atoms with Gasteiger partial charge in [-0.05, 0) is 0 Å². The van der Waals surface area contributed by atoms with Gasteiger partial charge in [0.1, 0.15) is 0 Å². The van der Waals surface area contributed by atoms with Gasteiger partial charge in [-0.15, -0.1) is 22.2 Å². The molecule has 0 aliphatic rings. The van der Waals surface area contributed by atoms with Crippen molar-refractivity contribution >= 4 is 37.4 Å². The van der Waals surface area contributed by atoms with Crippen LogP contribution in [0.15, 0.2) is 28.7 Å². The maximum atomic E-state index is 3.41. The molecule has 2 rings (SSSR count). The third-order valence-corrected chi connectivity index (χ3v) is 2.68. The first-order valence-corrected chi connectivity index (χ1v) is 4.52. The summed E-state index contributed by atoms with van der Waals surface area (Å²) in [5.41, 5.74) is 0. The molecule has 0 saturated carbocycles. The second-order valence-electron chi connectivity index (χ2n) is 2.05. The Kier molecular flexibility index (Phi) is 3.21. The Morgan fingerprint density at radius 2 is 2.18 bits per heavy atom. The van der Waals surface area contributed by atoms with Crippen LogP contribution in [-0.4, -0.2) is 0 Å². The van der Waals surface area contributed by atoms with E-state index < -0.39 is 0 Å². The fourth-order valence-corrected chi connectivity index (χ4v) is 1.94. The van der Waals surface area contributed by atoms with Crippen LogP contribution in [0, 0.1) is 5.38 Å². The predicted molar refractivity (Wildman–Crippen MR) is 48.4 cm³/mol. The molecule has 0 unspecified atom stereocenters. The summed E-state index contributed by atoms with van der Waals surface area (Å²) in [4.78, 5) is 0. The summed E-state index contributed by atoms with van der Waals surface area (Å²) < 4.78 is 2.43. The van der Waals surface area contributed by atoms with Crippen molar-refractivity contribution in [3.63, 3.8) is 0 Å². The van der Waals surface area contributed by atoms with Crippen LogP contribution in [-0.2, 0) is 0 Å². The molecule has 1 heterocycles. The number of benzene rings is 1. The molecule has 0 radical (unpaired) electrons. The normalized spacial score (nSPS) is 9.55. The number of fused-ring (bicyclic) bond motifs is 1. The van der Waals surface area contributed by atoms with E-state index in [1.807, 2.05) is 12.1 Å². The molecule has 1 aromatic carbocycles. The molecule has 11 heavy (non-hydrogen) atoms. The number of hydrogen-bond acceptors (Lipinski definition) is 1. The molecule has 50 valence electrons. The molecule has 0 nitrogen and oxygen atoms in total. The standard InChI is InChI=1S/C8H4BrS.Li/c9-7-1-2-8-6(5-7)3-4-10-8;/h1-3,5H;/q-1;+1. The first-order chi connectivity index (χ1) is 4.86. The van der Waals surface area contributed by atoms with Gasteiger partial charge in [0.2, 0.25) is 0 Å². The molecule has 0 fully saturated rings. The summed E-state index contributed by atoms with van der Waals surface area (Å²) in [5, 5.41) is 4.35. The van der Waals surface area contributed by atoms with Gasteiger partial charge in [-0.2, -0.15) is 11.5 Å². The zero-order valence-electron chi connectivity index (χ0n) is 6.10. The molecule has 0 aliphatic heterocycles. The molecule has 0 spiro atoms. The quantitative estimate of drug-likeness (QED) is 0.446. The Labute approximate surface area is 89.9 Å². The number of hydrogen-bond donors (Lipinski definition) is 0. The van der Waals surface area contributed by atoms with Crippen molar-refractivity contribution < 1.29 is 18.9 Å². The topological polar surface area (TPSA) is 0 Å². The van der Waals surface area contributed by atoms with E-state index in [1.165, 1.54) is 10.1 Å². The van der Waals surface area contributed by atoms with Gasteiger partial charge in [-0.25, -0.2) is 0 Å². The van der Waals surface area contributed by atoms with Crippen molar-refractivity contribution in [2.75, 3.05) is 0 Å². The third kappa shape index (κ3) is 1.89. The minimum atomic E-state index is 0. The molecule has 0 aliphatic carbocycles. The SMILES string of the molecule is Brc1ccc2s[c-]cc2c1.[Li+]. The van der Waals surface area contributed by atoms with Crippen LogP contribution < -0.4 is 18.9 Å². The number of thiophene rings is 1. The van der Waals surface area contributed by atoms with E-state index in [2.05, 4.69) is 33.4 Å². The third-order valence-electron chi connectivity index (χ3n) is 1.36. The van der Waals surface area contributed by atoms with E-state index in [9.17, 15) is 0 Å². The van der Waals surface area contributed by atoms with E-state index in [1.54, 1.807) is 11.3 Å². The number of rotatable bonds is 0. The first kappa shape index (κ1) is 9.35. The number of halogens is 1. The van der Waals surface area contributed by atoms with Crippen LogP contribution in [0.3, 0.4) is 0 Å². The molecular weight excluding hydrogens is 215 g/mol. The van der Waals surface area contributed by atoms with Crippen molar-refractivity contribution in [3.8, 4) is 0 Å². The van der Waals surface area contributed by atoms with Crippen molar-refractivity contribution in [1.82, 2.24) is 0 Å². The molecule has 0 atom stereocenters. The zero-order chi connectivity index (χ0) is 6.97. The van der Waals surface area contributed by atoms with Crippen molar-refractivity contribution in [2.24, 2.45) is 0 Å². The Hall–Kier alpha value is 0.257. The molecule has 2 aromatic rings. The van der Waals surface area contributed by atoms with Crippen molar-refractivity contribution in [2.45, 2.75) is 0 Å². The van der Waals surface area contributed by atoms with Crippen LogP contribution in [0.25, 0.3) is 10.1 Å². The Balaban J connectivity index is 0.000000605. The molecule has 1 aromatic heterocycles. The fourth-order valence-electron chi connectivity index (χ4n) is 0.881. The fraction of sp³-hybridized carbons (Fsp3) is 0. The van der Waals surface area contributed by atoms with E-state index in [-0.39, 0.29) is 18.9 Å². The Morgan fingerprint density at radius 3 is 3.00 bits per heavy atom. The molecule has 0 bridgehead atoms. The van der Waals surface area contributed by atoms with Crippen LogP contribution in [0.4, 0.5) is 0 Å². The summed E-state index contributed by atoms with van der Waals surface area (Å²) in [6.07, 6.45) is 0. The Bertz CT molecular complexity index is 356. The van der Waals surface area contributed by atoms with Crippen LogP contribution >= 0.6 is 27.3 Å². The molecule has 0 amide bonds. The van der Waals surface area contributed by atoms with Gasteiger partial charge in [0.05, 0.1) is 0 Å².